The molecule has 0 fully saturated rings. The number of ether oxygens (including phenoxy) is 1. The van der Waals surface area contributed by atoms with Crippen LogP contribution in [-0.4, -0.2) is 32.9 Å². The molecule has 3 rings (SSSR count). The molecule has 9 heteroatoms. The van der Waals surface area contributed by atoms with Crippen molar-refractivity contribution in [3.8, 4) is 5.75 Å². The van der Waals surface area contributed by atoms with E-state index in [4.69, 9.17) is 20.9 Å². The number of nitrogens with one attached hydrogen (secondary N) is 1. The molecule has 2 aromatic heterocycles. The van der Waals surface area contributed by atoms with E-state index in [0.29, 0.717) is 17.4 Å². The van der Waals surface area contributed by atoms with E-state index in [2.05, 4.69) is 20.6 Å². The van der Waals surface area contributed by atoms with Crippen LogP contribution in [0, 0.1) is 0 Å². The second kappa shape index (κ2) is 7.14. The van der Waals surface area contributed by atoms with Crippen molar-refractivity contribution in [2.45, 2.75) is 13.1 Å². The molecule has 0 saturated carbocycles. The van der Waals surface area contributed by atoms with Crippen LogP contribution in [0.1, 0.15) is 22.1 Å². The first-order valence-corrected chi connectivity index (χ1v) is 7.43. The molecule has 124 valence electrons. The van der Waals surface area contributed by atoms with Crippen molar-refractivity contribution in [3.05, 3.63) is 59.0 Å². The molecule has 0 spiro atoms. The van der Waals surface area contributed by atoms with Crippen LogP contribution < -0.4 is 10.1 Å². The summed E-state index contributed by atoms with van der Waals surface area (Å²) in [7, 11) is 1.60. The minimum absolute atomic E-state index is 0.100. The van der Waals surface area contributed by atoms with Crippen molar-refractivity contribution >= 4 is 17.5 Å². The number of methoxy groups -OCH3 is 1. The van der Waals surface area contributed by atoms with E-state index in [9.17, 15) is 4.79 Å². The Kier molecular flexibility index (Phi) is 4.76. The van der Waals surface area contributed by atoms with Crippen LogP contribution in [-0.2, 0) is 13.1 Å². The molecule has 0 unspecified atom stereocenters. The standard InChI is InChI=1S/C15H14ClN5O3/c1-23-12-4-2-10(3-5-12)6-17-14(22)15-19-13(20-24-15)9-21-8-11(16)7-18-21/h2-5,7-8H,6,9H2,1H3,(H,17,22). The summed E-state index contributed by atoms with van der Waals surface area (Å²) in [6.45, 7) is 0.608. The zero-order valence-corrected chi connectivity index (χ0v) is 13.5. The Bertz CT molecular complexity index is 828. The van der Waals surface area contributed by atoms with E-state index < -0.39 is 5.91 Å². The Morgan fingerprint density at radius 1 is 1.38 bits per heavy atom. The Morgan fingerprint density at radius 2 is 2.17 bits per heavy atom. The molecule has 0 aliphatic rings. The first-order chi connectivity index (χ1) is 11.6. The molecule has 1 N–H and O–H groups in total. The van der Waals surface area contributed by atoms with Crippen molar-refractivity contribution in [1.82, 2.24) is 25.2 Å². The fourth-order valence-electron chi connectivity index (χ4n) is 1.98. The number of hydrogen-bond donors (Lipinski definition) is 1. The fourth-order valence-corrected chi connectivity index (χ4v) is 2.14. The van der Waals surface area contributed by atoms with Crippen molar-refractivity contribution < 1.29 is 14.1 Å². The molecule has 0 radical (unpaired) electrons. The van der Waals surface area contributed by atoms with Crippen molar-refractivity contribution in [2.24, 2.45) is 0 Å². The van der Waals surface area contributed by atoms with Gasteiger partial charge in [-0.3, -0.25) is 9.48 Å². The maximum atomic E-state index is 12.0. The highest BCUT2D eigenvalue weighted by molar-refractivity contribution is 6.30. The highest BCUT2D eigenvalue weighted by atomic mass is 35.5. The summed E-state index contributed by atoms with van der Waals surface area (Å²) in [5, 5.41) is 11.0. The summed E-state index contributed by atoms with van der Waals surface area (Å²) < 4.78 is 11.6. The number of carbonyl (C=O) groups is 1. The van der Waals surface area contributed by atoms with Gasteiger partial charge in [-0.05, 0) is 17.7 Å². The van der Waals surface area contributed by atoms with Gasteiger partial charge in [-0.2, -0.15) is 10.1 Å². The number of halogens is 1. The maximum Gasteiger partial charge on any atom is 0.316 e. The highest BCUT2D eigenvalue weighted by Gasteiger charge is 2.15. The van der Waals surface area contributed by atoms with Gasteiger partial charge in [0.1, 0.15) is 12.3 Å². The number of aromatic nitrogens is 4. The summed E-state index contributed by atoms with van der Waals surface area (Å²) in [5.74, 6) is 0.550. The Hall–Kier alpha value is -2.87. The molecule has 0 saturated heterocycles. The predicted octanol–water partition coefficient (Wildman–Crippen LogP) is 1.91. The summed E-state index contributed by atoms with van der Waals surface area (Å²) in [6, 6.07) is 7.36. The molecule has 1 amide bonds. The van der Waals surface area contributed by atoms with Gasteiger partial charge in [-0.15, -0.1) is 0 Å². The minimum Gasteiger partial charge on any atom is -0.497 e. The third-order valence-electron chi connectivity index (χ3n) is 3.18. The van der Waals surface area contributed by atoms with Crippen LogP contribution in [0.15, 0.2) is 41.2 Å². The molecule has 24 heavy (non-hydrogen) atoms. The zero-order valence-electron chi connectivity index (χ0n) is 12.8. The Labute approximate surface area is 142 Å². The van der Waals surface area contributed by atoms with Crippen LogP contribution in [0.5, 0.6) is 5.75 Å². The second-order valence-corrected chi connectivity index (χ2v) is 5.34. The van der Waals surface area contributed by atoms with E-state index in [0.717, 1.165) is 11.3 Å². The maximum absolute atomic E-state index is 12.0. The van der Waals surface area contributed by atoms with Crippen molar-refractivity contribution in [1.29, 1.82) is 0 Å². The zero-order chi connectivity index (χ0) is 16.9. The Morgan fingerprint density at radius 3 is 2.83 bits per heavy atom. The molecule has 0 atom stereocenters. The van der Waals surface area contributed by atoms with Gasteiger partial charge >= 0.3 is 11.8 Å². The van der Waals surface area contributed by atoms with Crippen LogP contribution in [0.2, 0.25) is 5.02 Å². The molecule has 1 aromatic carbocycles. The van der Waals surface area contributed by atoms with Gasteiger partial charge < -0.3 is 14.6 Å². The third-order valence-corrected chi connectivity index (χ3v) is 3.37. The second-order valence-electron chi connectivity index (χ2n) is 4.90. The lowest BCUT2D eigenvalue weighted by Gasteiger charge is -2.04. The van der Waals surface area contributed by atoms with Crippen LogP contribution in [0.25, 0.3) is 0 Å². The number of carbonyl (C=O) groups excluding carboxylic acids is 1. The molecule has 0 aliphatic heterocycles. The molecule has 0 aliphatic carbocycles. The SMILES string of the molecule is COc1ccc(CNC(=O)c2nc(Cn3cc(Cl)cn3)no2)cc1. The molecular formula is C15H14ClN5O3. The first kappa shape index (κ1) is 16.0. The minimum atomic E-state index is -0.442. The molecular weight excluding hydrogens is 334 g/mol. The lowest BCUT2D eigenvalue weighted by atomic mass is 10.2. The third kappa shape index (κ3) is 3.90. The summed E-state index contributed by atoms with van der Waals surface area (Å²) in [6.07, 6.45) is 3.13. The van der Waals surface area contributed by atoms with Crippen LogP contribution >= 0.6 is 11.6 Å². The molecule has 8 nitrogen and oxygen atoms in total. The predicted molar refractivity (Wildman–Crippen MR) is 84.8 cm³/mol. The number of benzene rings is 1. The molecule has 0 bridgehead atoms. The molecule has 3 aromatic rings. The lowest BCUT2D eigenvalue weighted by molar-refractivity contribution is 0.0907. The number of amides is 1. The Balaban J connectivity index is 1.56. The first-order valence-electron chi connectivity index (χ1n) is 7.06. The van der Waals surface area contributed by atoms with E-state index in [1.807, 2.05) is 24.3 Å². The largest absolute Gasteiger partial charge is 0.497 e. The van der Waals surface area contributed by atoms with Crippen LogP contribution in [0.3, 0.4) is 0 Å². The van der Waals surface area contributed by atoms with E-state index in [1.165, 1.54) is 6.20 Å². The van der Waals surface area contributed by atoms with Gasteiger partial charge in [0.2, 0.25) is 0 Å². The van der Waals surface area contributed by atoms with Gasteiger partial charge in [0.05, 0.1) is 18.3 Å². The quantitative estimate of drug-likeness (QED) is 0.731. The topological polar surface area (TPSA) is 95.1 Å². The monoisotopic (exact) mass is 347 g/mol. The van der Waals surface area contributed by atoms with Gasteiger partial charge in [-0.25, -0.2) is 0 Å². The van der Waals surface area contributed by atoms with Gasteiger partial charge in [-0.1, -0.05) is 28.9 Å². The number of nitrogens with zero attached hydrogens (tertiary/aromatic N) is 4. The average molecular weight is 348 g/mol. The number of rotatable bonds is 6. The fraction of sp³-hybridized carbons (Fsp3) is 0.200. The molecule has 2 heterocycles. The van der Waals surface area contributed by atoms with Gasteiger partial charge in [0, 0.05) is 12.7 Å². The average Bonchev–Trinajstić information content (AvgIpc) is 3.22. The number of hydrogen-bond acceptors (Lipinski definition) is 6. The van der Waals surface area contributed by atoms with Gasteiger partial charge in [0.15, 0.2) is 5.82 Å². The van der Waals surface area contributed by atoms with E-state index >= 15 is 0 Å². The van der Waals surface area contributed by atoms with Gasteiger partial charge in [0.25, 0.3) is 0 Å². The summed E-state index contributed by atoms with van der Waals surface area (Å²) >= 11 is 5.78. The van der Waals surface area contributed by atoms with Crippen molar-refractivity contribution in [2.75, 3.05) is 7.11 Å². The summed E-state index contributed by atoms with van der Waals surface area (Å²) in [5.41, 5.74) is 0.926. The normalized spacial score (nSPS) is 10.6. The highest BCUT2D eigenvalue weighted by Crippen LogP contribution is 2.11. The smallest absolute Gasteiger partial charge is 0.316 e. The van der Waals surface area contributed by atoms with E-state index in [1.54, 1.807) is 18.0 Å². The van der Waals surface area contributed by atoms with Crippen LogP contribution in [0.4, 0.5) is 0 Å². The van der Waals surface area contributed by atoms with E-state index in [-0.39, 0.29) is 12.4 Å². The summed E-state index contributed by atoms with van der Waals surface area (Å²) in [4.78, 5) is 16.1. The van der Waals surface area contributed by atoms with Crippen molar-refractivity contribution in [3.63, 3.8) is 0 Å². The lowest BCUT2D eigenvalue weighted by Crippen LogP contribution is -2.23.